The van der Waals surface area contributed by atoms with Crippen molar-refractivity contribution in [2.45, 2.75) is 33.9 Å². The van der Waals surface area contributed by atoms with E-state index in [0.717, 1.165) is 11.4 Å². The number of anilines is 1. The summed E-state index contributed by atoms with van der Waals surface area (Å²) < 4.78 is 17.1. The van der Waals surface area contributed by atoms with Gasteiger partial charge in [-0.25, -0.2) is 4.39 Å². The van der Waals surface area contributed by atoms with Gasteiger partial charge in [0.2, 0.25) is 5.91 Å². The van der Waals surface area contributed by atoms with Crippen LogP contribution in [0.25, 0.3) is 0 Å². The minimum absolute atomic E-state index is 0.130. The molecule has 130 valence electrons. The minimum atomic E-state index is -0.269. The predicted octanol–water partition coefficient (Wildman–Crippen LogP) is 2.83. The quantitative estimate of drug-likeness (QED) is 0.776. The van der Waals surface area contributed by atoms with Crippen molar-refractivity contribution < 1.29 is 9.18 Å². The molecule has 1 amide bonds. The molecule has 0 bridgehead atoms. The zero-order valence-electron chi connectivity index (χ0n) is 14.5. The molecule has 25 heavy (non-hydrogen) atoms. The Morgan fingerprint density at radius 2 is 1.92 bits per heavy atom. The summed E-state index contributed by atoms with van der Waals surface area (Å²) in [6.45, 7) is 5.99. The van der Waals surface area contributed by atoms with Gasteiger partial charge in [-0.2, -0.15) is 10.2 Å². The van der Waals surface area contributed by atoms with Crippen LogP contribution in [0.15, 0.2) is 36.5 Å². The van der Waals surface area contributed by atoms with Crippen LogP contribution in [0.2, 0.25) is 0 Å². The number of amides is 1. The van der Waals surface area contributed by atoms with Gasteiger partial charge in [-0.1, -0.05) is 18.2 Å². The minimum Gasteiger partial charge on any atom is -0.321 e. The number of nitrogens with one attached hydrogen (secondary N) is 1. The van der Waals surface area contributed by atoms with E-state index in [9.17, 15) is 9.18 Å². The van der Waals surface area contributed by atoms with E-state index in [0.29, 0.717) is 23.5 Å². The Morgan fingerprint density at radius 1 is 1.16 bits per heavy atom. The van der Waals surface area contributed by atoms with Crippen molar-refractivity contribution in [2.24, 2.45) is 0 Å². The summed E-state index contributed by atoms with van der Waals surface area (Å²) in [6, 6.07) is 8.44. The number of carbonyl (C=O) groups excluding carboxylic acids is 1. The molecule has 0 unspecified atom stereocenters. The fourth-order valence-electron chi connectivity index (χ4n) is 2.70. The summed E-state index contributed by atoms with van der Waals surface area (Å²) >= 11 is 0. The van der Waals surface area contributed by atoms with Crippen LogP contribution in [0.4, 0.5) is 10.1 Å². The van der Waals surface area contributed by atoms with E-state index in [-0.39, 0.29) is 18.3 Å². The molecule has 0 spiro atoms. The summed E-state index contributed by atoms with van der Waals surface area (Å²) in [7, 11) is 0. The van der Waals surface area contributed by atoms with Crippen LogP contribution in [-0.4, -0.2) is 25.5 Å². The second-order valence-corrected chi connectivity index (χ2v) is 6.00. The number of halogens is 1. The van der Waals surface area contributed by atoms with Crippen molar-refractivity contribution in [2.75, 3.05) is 5.32 Å². The zero-order chi connectivity index (χ0) is 18.0. The molecule has 1 N–H and O–H groups in total. The van der Waals surface area contributed by atoms with Gasteiger partial charge in [0.25, 0.3) is 0 Å². The summed E-state index contributed by atoms with van der Waals surface area (Å²) in [5, 5.41) is 11.5. The van der Waals surface area contributed by atoms with E-state index in [4.69, 9.17) is 0 Å². The largest absolute Gasteiger partial charge is 0.321 e. The highest BCUT2D eigenvalue weighted by atomic mass is 19.1. The van der Waals surface area contributed by atoms with Crippen LogP contribution in [0.3, 0.4) is 0 Å². The van der Waals surface area contributed by atoms with E-state index in [1.165, 1.54) is 6.07 Å². The number of aromatic nitrogens is 4. The molecule has 0 fully saturated rings. The highest BCUT2D eigenvalue weighted by Gasteiger charge is 2.15. The molecule has 2 aromatic heterocycles. The average molecular weight is 341 g/mol. The second kappa shape index (κ2) is 6.88. The van der Waals surface area contributed by atoms with Gasteiger partial charge in [0.05, 0.1) is 29.3 Å². The molecule has 6 nitrogen and oxygen atoms in total. The number of rotatable bonds is 5. The maximum atomic E-state index is 13.8. The molecule has 0 radical (unpaired) electrons. The smallest absolute Gasteiger partial charge is 0.246 e. The SMILES string of the molecule is Cc1ccn(CC(=O)Nc2c(C)nn(Cc3ccccc3F)c2C)n1. The Balaban J connectivity index is 1.75. The second-order valence-electron chi connectivity index (χ2n) is 6.00. The van der Waals surface area contributed by atoms with E-state index in [1.54, 1.807) is 33.8 Å². The molecule has 0 atom stereocenters. The third kappa shape index (κ3) is 3.76. The maximum Gasteiger partial charge on any atom is 0.246 e. The summed E-state index contributed by atoms with van der Waals surface area (Å²) in [6.07, 6.45) is 1.76. The van der Waals surface area contributed by atoms with Gasteiger partial charge in [-0.05, 0) is 32.9 Å². The lowest BCUT2D eigenvalue weighted by atomic mass is 10.2. The average Bonchev–Trinajstić information content (AvgIpc) is 3.08. The summed E-state index contributed by atoms with van der Waals surface area (Å²) in [5.74, 6) is -0.450. The number of carbonyl (C=O) groups is 1. The Bertz CT molecular complexity index is 912. The molecular formula is C18H20FN5O. The third-order valence-electron chi connectivity index (χ3n) is 4.00. The van der Waals surface area contributed by atoms with E-state index >= 15 is 0 Å². The Kier molecular flexibility index (Phi) is 4.65. The third-order valence-corrected chi connectivity index (χ3v) is 4.00. The number of hydrogen-bond donors (Lipinski definition) is 1. The topological polar surface area (TPSA) is 64.7 Å². The maximum absolute atomic E-state index is 13.8. The highest BCUT2D eigenvalue weighted by Crippen LogP contribution is 2.21. The van der Waals surface area contributed by atoms with Crippen molar-refractivity contribution in [1.82, 2.24) is 19.6 Å². The van der Waals surface area contributed by atoms with Crippen LogP contribution in [0, 0.1) is 26.6 Å². The Labute approximate surface area is 145 Å². The van der Waals surface area contributed by atoms with E-state index in [2.05, 4.69) is 15.5 Å². The molecule has 2 heterocycles. The molecule has 0 saturated heterocycles. The zero-order valence-corrected chi connectivity index (χ0v) is 14.5. The van der Waals surface area contributed by atoms with Gasteiger partial charge in [-0.3, -0.25) is 14.2 Å². The lowest BCUT2D eigenvalue weighted by molar-refractivity contribution is -0.116. The van der Waals surface area contributed by atoms with Crippen LogP contribution in [-0.2, 0) is 17.9 Å². The number of nitrogens with zero attached hydrogens (tertiary/aromatic N) is 4. The van der Waals surface area contributed by atoms with Gasteiger partial charge >= 0.3 is 0 Å². The van der Waals surface area contributed by atoms with Crippen LogP contribution in [0.1, 0.15) is 22.6 Å². The first-order valence-electron chi connectivity index (χ1n) is 8.01. The lowest BCUT2D eigenvalue weighted by Crippen LogP contribution is -2.20. The Morgan fingerprint density at radius 3 is 2.60 bits per heavy atom. The van der Waals surface area contributed by atoms with Crippen LogP contribution in [0.5, 0.6) is 0 Å². The van der Waals surface area contributed by atoms with Crippen molar-refractivity contribution in [3.8, 4) is 0 Å². The van der Waals surface area contributed by atoms with Gasteiger partial charge in [0.1, 0.15) is 12.4 Å². The van der Waals surface area contributed by atoms with Crippen LogP contribution >= 0.6 is 0 Å². The number of aryl methyl sites for hydroxylation is 2. The summed E-state index contributed by atoms with van der Waals surface area (Å²) in [5.41, 5.74) is 3.55. The van der Waals surface area contributed by atoms with Gasteiger partial charge in [0.15, 0.2) is 0 Å². The Hall–Kier alpha value is -2.96. The molecule has 3 rings (SSSR count). The first kappa shape index (κ1) is 16.9. The van der Waals surface area contributed by atoms with Crippen molar-refractivity contribution in [1.29, 1.82) is 0 Å². The van der Waals surface area contributed by atoms with Crippen molar-refractivity contribution >= 4 is 11.6 Å². The molecular weight excluding hydrogens is 321 g/mol. The molecule has 0 saturated carbocycles. The molecule has 0 aliphatic rings. The van der Waals surface area contributed by atoms with E-state index < -0.39 is 0 Å². The fraction of sp³-hybridized carbons (Fsp3) is 0.278. The normalized spacial score (nSPS) is 10.9. The first-order valence-corrected chi connectivity index (χ1v) is 8.01. The van der Waals surface area contributed by atoms with Gasteiger partial charge in [-0.15, -0.1) is 0 Å². The van der Waals surface area contributed by atoms with Gasteiger partial charge < -0.3 is 5.32 Å². The molecule has 1 aromatic carbocycles. The molecule has 0 aliphatic carbocycles. The summed E-state index contributed by atoms with van der Waals surface area (Å²) in [4.78, 5) is 12.2. The van der Waals surface area contributed by atoms with Crippen LogP contribution < -0.4 is 5.32 Å². The van der Waals surface area contributed by atoms with Crippen molar-refractivity contribution in [3.05, 3.63) is 65.0 Å². The standard InChI is InChI=1S/C18H20FN5O/c1-12-8-9-23(21-12)11-17(25)20-18-13(2)22-24(14(18)3)10-15-6-4-5-7-16(15)19/h4-9H,10-11H2,1-3H3,(H,20,25). The molecule has 7 heteroatoms. The number of hydrogen-bond acceptors (Lipinski definition) is 3. The van der Waals surface area contributed by atoms with Crippen molar-refractivity contribution in [3.63, 3.8) is 0 Å². The lowest BCUT2D eigenvalue weighted by Gasteiger charge is -2.08. The van der Waals surface area contributed by atoms with Gasteiger partial charge in [0, 0.05) is 11.8 Å². The molecule has 3 aromatic rings. The first-order chi connectivity index (χ1) is 11.9. The number of benzene rings is 1. The predicted molar refractivity (Wildman–Crippen MR) is 92.8 cm³/mol. The molecule has 0 aliphatic heterocycles. The monoisotopic (exact) mass is 341 g/mol. The highest BCUT2D eigenvalue weighted by molar-refractivity contribution is 5.91. The van der Waals surface area contributed by atoms with E-state index in [1.807, 2.05) is 26.8 Å². The fourth-order valence-corrected chi connectivity index (χ4v) is 2.70.